The highest BCUT2D eigenvalue weighted by Crippen LogP contribution is 2.44. The van der Waals surface area contributed by atoms with Gasteiger partial charge in [-0.2, -0.15) is 11.8 Å². The number of hydrogen-bond donors (Lipinski definition) is 1. The number of thioether (sulfide) groups is 1. The summed E-state index contributed by atoms with van der Waals surface area (Å²) in [6.07, 6.45) is 3.47. The highest BCUT2D eigenvalue weighted by atomic mass is 32.2. The van der Waals surface area contributed by atoms with Gasteiger partial charge >= 0.3 is 5.97 Å². The van der Waals surface area contributed by atoms with E-state index in [1.165, 1.54) is 12.8 Å². The summed E-state index contributed by atoms with van der Waals surface area (Å²) < 4.78 is 0. The third kappa shape index (κ3) is 1.89. The maximum absolute atomic E-state index is 10.7. The van der Waals surface area contributed by atoms with Gasteiger partial charge < -0.3 is 5.11 Å². The van der Waals surface area contributed by atoms with E-state index < -0.39 is 5.97 Å². The van der Waals surface area contributed by atoms with E-state index in [4.69, 9.17) is 5.11 Å². The van der Waals surface area contributed by atoms with Crippen LogP contribution in [0.3, 0.4) is 0 Å². The summed E-state index contributed by atoms with van der Waals surface area (Å²) in [5.74, 6) is 1.21. The lowest BCUT2D eigenvalue weighted by Crippen LogP contribution is -2.19. The van der Waals surface area contributed by atoms with Crippen LogP contribution in [-0.2, 0) is 4.79 Å². The van der Waals surface area contributed by atoms with Gasteiger partial charge in [-0.15, -0.1) is 0 Å². The Labute approximate surface area is 70.4 Å². The Bertz CT molecular complexity index is 173. The molecule has 2 rings (SSSR count). The molecule has 0 bridgehead atoms. The van der Waals surface area contributed by atoms with Gasteiger partial charge in [0.2, 0.25) is 0 Å². The molecule has 1 saturated carbocycles. The van der Waals surface area contributed by atoms with Gasteiger partial charge in [0, 0.05) is 11.0 Å². The second kappa shape index (κ2) is 2.70. The van der Waals surface area contributed by atoms with Gasteiger partial charge in [-0.3, -0.25) is 4.79 Å². The van der Waals surface area contributed by atoms with Crippen molar-refractivity contribution in [2.24, 2.45) is 11.8 Å². The zero-order valence-corrected chi connectivity index (χ0v) is 7.14. The Balaban J connectivity index is 1.85. The molecule has 2 fully saturated rings. The lowest BCUT2D eigenvalue weighted by Gasteiger charge is -2.07. The molecule has 0 aromatic carbocycles. The monoisotopic (exact) mass is 172 g/mol. The molecule has 1 aliphatic carbocycles. The van der Waals surface area contributed by atoms with Gasteiger partial charge in [0.05, 0.1) is 5.92 Å². The second-order valence-corrected chi connectivity index (χ2v) is 4.77. The van der Waals surface area contributed by atoms with E-state index >= 15 is 0 Å². The first kappa shape index (κ1) is 7.47. The zero-order valence-electron chi connectivity index (χ0n) is 6.32. The summed E-state index contributed by atoms with van der Waals surface area (Å²) in [6, 6.07) is 0. The number of carboxylic acid groups (broad SMARTS) is 1. The van der Waals surface area contributed by atoms with Crippen LogP contribution in [0, 0.1) is 11.8 Å². The molecule has 0 aromatic heterocycles. The van der Waals surface area contributed by atoms with Crippen LogP contribution >= 0.6 is 11.8 Å². The van der Waals surface area contributed by atoms with Crippen LogP contribution < -0.4 is 0 Å². The summed E-state index contributed by atoms with van der Waals surface area (Å²) in [5.41, 5.74) is 0. The summed E-state index contributed by atoms with van der Waals surface area (Å²) >= 11 is 1.79. The fraction of sp³-hybridized carbons (Fsp3) is 0.875. The maximum atomic E-state index is 10.7. The van der Waals surface area contributed by atoms with E-state index in [-0.39, 0.29) is 5.92 Å². The Hall–Kier alpha value is -0.180. The van der Waals surface area contributed by atoms with E-state index in [2.05, 4.69) is 0 Å². The van der Waals surface area contributed by atoms with Crippen LogP contribution in [0.15, 0.2) is 0 Å². The SMILES string of the molecule is O=C(O)[C@@H](CC1CC1)[C@H]1CS1. The molecular formula is C8H12O2S. The second-order valence-electron chi connectivity index (χ2n) is 3.50. The van der Waals surface area contributed by atoms with Crippen LogP contribution in [0.5, 0.6) is 0 Å². The van der Waals surface area contributed by atoms with Crippen molar-refractivity contribution in [3.63, 3.8) is 0 Å². The molecule has 1 N–H and O–H groups in total. The largest absolute Gasteiger partial charge is 0.481 e. The van der Waals surface area contributed by atoms with Crippen molar-refractivity contribution in [1.82, 2.24) is 0 Å². The molecule has 2 aliphatic rings. The lowest BCUT2D eigenvalue weighted by atomic mass is 10.00. The average molecular weight is 172 g/mol. The summed E-state index contributed by atoms with van der Waals surface area (Å²) in [4.78, 5) is 10.7. The minimum Gasteiger partial charge on any atom is -0.481 e. The van der Waals surface area contributed by atoms with Gasteiger partial charge in [-0.1, -0.05) is 12.8 Å². The molecule has 2 atom stereocenters. The molecule has 1 saturated heterocycles. The quantitative estimate of drug-likeness (QED) is 0.654. The standard InChI is InChI=1S/C8H12O2S/c9-8(10)6(7-4-11-7)3-5-1-2-5/h5-7H,1-4H2,(H,9,10)/t6-,7+/m0/s1. The Morgan fingerprint density at radius 3 is 2.64 bits per heavy atom. The number of hydrogen-bond acceptors (Lipinski definition) is 2. The first-order valence-electron chi connectivity index (χ1n) is 4.12. The molecule has 3 heteroatoms. The molecule has 0 radical (unpaired) electrons. The van der Waals surface area contributed by atoms with E-state index in [0.717, 1.165) is 18.1 Å². The average Bonchev–Trinajstić information content (AvgIpc) is 2.78. The molecule has 62 valence electrons. The van der Waals surface area contributed by atoms with Crippen LogP contribution in [-0.4, -0.2) is 22.1 Å². The van der Waals surface area contributed by atoms with Crippen LogP contribution in [0.4, 0.5) is 0 Å². The fourth-order valence-corrected chi connectivity index (χ4v) is 2.22. The van der Waals surface area contributed by atoms with Crippen molar-refractivity contribution < 1.29 is 9.90 Å². The summed E-state index contributed by atoms with van der Waals surface area (Å²) in [5, 5.41) is 9.30. The number of carbonyl (C=O) groups is 1. The smallest absolute Gasteiger partial charge is 0.307 e. The third-order valence-electron chi connectivity index (χ3n) is 2.41. The third-order valence-corrected chi connectivity index (χ3v) is 3.46. The highest BCUT2D eigenvalue weighted by molar-refractivity contribution is 8.06. The molecule has 2 nitrogen and oxygen atoms in total. The van der Waals surface area contributed by atoms with Crippen molar-refractivity contribution in [2.75, 3.05) is 5.75 Å². The van der Waals surface area contributed by atoms with Crippen LogP contribution in [0.25, 0.3) is 0 Å². The van der Waals surface area contributed by atoms with Crippen molar-refractivity contribution in [3.05, 3.63) is 0 Å². The molecule has 1 heterocycles. The molecule has 1 aliphatic heterocycles. The summed E-state index contributed by atoms with van der Waals surface area (Å²) in [6.45, 7) is 0. The predicted octanol–water partition coefficient (Wildman–Crippen LogP) is 1.60. The highest BCUT2D eigenvalue weighted by Gasteiger charge is 2.40. The zero-order chi connectivity index (χ0) is 7.84. The van der Waals surface area contributed by atoms with Crippen molar-refractivity contribution in [3.8, 4) is 0 Å². The van der Waals surface area contributed by atoms with Crippen molar-refractivity contribution in [2.45, 2.75) is 24.5 Å². The van der Waals surface area contributed by atoms with Crippen molar-refractivity contribution >= 4 is 17.7 Å². The Morgan fingerprint density at radius 2 is 2.27 bits per heavy atom. The molecule has 0 aromatic rings. The molecular weight excluding hydrogens is 160 g/mol. The predicted molar refractivity (Wildman–Crippen MR) is 44.7 cm³/mol. The first-order chi connectivity index (χ1) is 5.27. The molecule has 0 unspecified atom stereocenters. The first-order valence-corrected chi connectivity index (χ1v) is 5.16. The van der Waals surface area contributed by atoms with E-state index in [0.29, 0.717) is 5.25 Å². The lowest BCUT2D eigenvalue weighted by molar-refractivity contribution is -0.141. The molecule has 0 spiro atoms. The summed E-state index contributed by atoms with van der Waals surface area (Å²) in [7, 11) is 0. The van der Waals surface area contributed by atoms with Crippen molar-refractivity contribution in [1.29, 1.82) is 0 Å². The minimum atomic E-state index is -0.577. The fourth-order valence-electron chi connectivity index (χ4n) is 1.41. The number of rotatable bonds is 4. The van der Waals surface area contributed by atoms with Gasteiger partial charge in [0.25, 0.3) is 0 Å². The number of aliphatic carboxylic acids is 1. The van der Waals surface area contributed by atoms with Gasteiger partial charge in [-0.05, 0) is 12.3 Å². The van der Waals surface area contributed by atoms with Crippen LogP contribution in [0.1, 0.15) is 19.3 Å². The minimum absolute atomic E-state index is 0.0347. The van der Waals surface area contributed by atoms with E-state index in [1.54, 1.807) is 11.8 Å². The number of carboxylic acids is 1. The van der Waals surface area contributed by atoms with E-state index in [1.807, 2.05) is 0 Å². The molecule has 0 amide bonds. The van der Waals surface area contributed by atoms with Gasteiger partial charge in [0.1, 0.15) is 0 Å². The Morgan fingerprint density at radius 1 is 1.64 bits per heavy atom. The van der Waals surface area contributed by atoms with Gasteiger partial charge in [-0.25, -0.2) is 0 Å². The van der Waals surface area contributed by atoms with Crippen LogP contribution in [0.2, 0.25) is 0 Å². The molecule has 11 heavy (non-hydrogen) atoms. The van der Waals surface area contributed by atoms with E-state index in [9.17, 15) is 4.79 Å². The Kier molecular flexibility index (Phi) is 1.83. The normalized spacial score (nSPS) is 31.5. The maximum Gasteiger partial charge on any atom is 0.307 e. The topological polar surface area (TPSA) is 37.3 Å². The van der Waals surface area contributed by atoms with Gasteiger partial charge in [0.15, 0.2) is 0 Å².